The molecular formula is C17H19NO2. The Bertz CT molecular complexity index is 587. The second-order valence-electron chi connectivity index (χ2n) is 6.32. The highest BCUT2D eigenvalue weighted by Crippen LogP contribution is 2.46. The van der Waals surface area contributed by atoms with Gasteiger partial charge in [0.05, 0.1) is 0 Å². The molecule has 1 fully saturated rings. The van der Waals surface area contributed by atoms with E-state index in [1.54, 1.807) is 0 Å². The molecule has 20 heavy (non-hydrogen) atoms. The molecule has 104 valence electrons. The van der Waals surface area contributed by atoms with Gasteiger partial charge in [-0.25, -0.2) is 0 Å². The minimum Gasteiger partial charge on any atom is -0.309 e. The minimum absolute atomic E-state index is 0.140. The Kier molecular flexibility index (Phi) is 2.69. The van der Waals surface area contributed by atoms with Crippen LogP contribution in [-0.2, 0) is 4.79 Å². The van der Waals surface area contributed by atoms with Gasteiger partial charge in [0.2, 0.25) is 5.91 Å². The molecule has 0 saturated heterocycles. The van der Waals surface area contributed by atoms with E-state index in [4.69, 9.17) is 0 Å². The number of rotatable bonds is 1. The molecule has 0 N–H and O–H groups in total. The van der Waals surface area contributed by atoms with E-state index < -0.39 is 0 Å². The molecule has 1 atom stereocenters. The fourth-order valence-electron chi connectivity index (χ4n) is 4.23. The molecule has 3 aliphatic rings. The molecule has 1 aliphatic heterocycles. The molecule has 1 amide bonds. The number of carbonyl (C=O) groups excluding carboxylic acids is 2. The van der Waals surface area contributed by atoms with Crippen molar-refractivity contribution in [2.75, 3.05) is 4.90 Å². The van der Waals surface area contributed by atoms with E-state index in [0.717, 1.165) is 29.7 Å². The summed E-state index contributed by atoms with van der Waals surface area (Å²) in [7, 11) is 0. The lowest BCUT2D eigenvalue weighted by atomic mass is 9.87. The first-order valence-electron chi connectivity index (χ1n) is 7.74. The zero-order valence-corrected chi connectivity index (χ0v) is 11.6. The highest BCUT2D eigenvalue weighted by Gasteiger charge is 2.41. The van der Waals surface area contributed by atoms with Crippen LogP contribution in [0, 0.1) is 0 Å². The quantitative estimate of drug-likeness (QED) is 0.783. The average molecular weight is 269 g/mol. The van der Waals surface area contributed by atoms with Crippen molar-refractivity contribution < 1.29 is 9.59 Å². The number of ketones is 1. The Morgan fingerprint density at radius 3 is 2.60 bits per heavy atom. The third kappa shape index (κ3) is 1.65. The van der Waals surface area contributed by atoms with Crippen molar-refractivity contribution in [3.05, 3.63) is 29.3 Å². The van der Waals surface area contributed by atoms with E-state index in [2.05, 4.69) is 0 Å². The predicted molar refractivity (Wildman–Crippen MR) is 77.1 cm³/mol. The van der Waals surface area contributed by atoms with E-state index >= 15 is 0 Å². The number of carbonyl (C=O) groups is 2. The molecular weight excluding hydrogens is 250 g/mol. The molecule has 1 heterocycles. The molecule has 0 radical (unpaired) electrons. The number of amides is 1. The number of Topliss-reactive ketones (excluding diaryl/α,β-unsaturated/α-hetero) is 1. The molecule has 1 saturated carbocycles. The fourth-order valence-corrected chi connectivity index (χ4v) is 4.23. The highest BCUT2D eigenvalue weighted by atomic mass is 16.2. The standard InChI is InChI=1S/C17H19NO2/c19-15-9-11-10-16(20)18(12-5-2-1-3-6-12)14-8-4-7-13(15)17(11)14/h4,7-8,11-12H,1-3,5-6,9-10H2. The zero-order chi connectivity index (χ0) is 13.7. The Hall–Kier alpha value is -1.64. The summed E-state index contributed by atoms with van der Waals surface area (Å²) in [4.78, 5) is 26.7. The number of anilines is 1. The van der Waals surface area contributed by atoms with Crippen LogP contribution in [0.15, 0.2) is 18.2 Å². The van der Waals surface area contributed by atoms with Crippen LogP contribution in [0.1, 0.15) is 66.8 Å². The van der Waals surface area contributed by atoms with E-state index in [-0.39, 0.29) is 17.6 Å². The molecule has 2 aliphatic carbocycles. The van der Waals surface area contributed by atoms with E-state index in [1.165, 1.54) is 19.3 Å². The molecule has 0 aromatic heterocycles. The van der Waals surface area contributed by atoms with Gasteiger partial charge in [-0.05, 0) is 24.5 Å². The Morgan fingerprint density at radius 1 is 1.00 bits per heavy atom. The van der Waals surface area contributed by atoms with Crippen LogP contribution >= 0.6 is 0 Å². The van der Waals surface area contributed by atoms with Crippen LogP contribution in [0.4, 0.5) is 5.69 Å². The summed E-state index contributed by atoms with van der Waals surface area (Å²) < 4.78 is 0. The van der Waals surface area contributed by atoms with Crippen molar-refractivity contribution in [1.29, 1.82) is 0 Å². The van der Waals surface area contributed by atoms with Crippen LogP contribution in [-0.4, -0.2) is 17.7 Å². The maximum atomic E-state index is 12.6. The van der Waals surface area contributed by atoms with Crippen LogP contribution in [0.2, 0.25) is 0 Å². The number of nitrogens with zero attached hydrogens (tertiary/aromatic N) is 1. The van der Waals surface area contributed by atoms with Crippen molar-refractivity contribution >= 4 is 17.4 Å². The van der Waals surface area contributed by atoms with Gasteiger partial charge in [-0.2, -0.15) is 0 Å². The van der Waals surface area contributed by atoms with E-state index in [9.17, 15) is 9.59 Å². The average Bonchev–Trinajstić information content (AvgIpc) is 2.78. The van der Waals surface area contributed by atoms with Gasteiger partial charge in [0.25, 0.3) is 0 Å². The van der Waals surface area contributed by atoms with Crippen LogP contribution < -0.4 is 4.90 Å². The lowest BCUT2D eigenvalue weighted by Crippen LogP contribution is -2.44. The van der Waals surface area contributed by atoms with Gasteiger partial charge in [-0.15, -0.1) is 0 Å². The second-order valence-corrected chi connectivity index (χ2v) is 6.32. The summed E-state index contributed by atoms with van der Waals surface area (Å²) in [6.45, 7) is 0. The van der Waals surface area contributed by atoms with Crippen molar-refractivity contribution in [2.45, 2.75) is 56.9 Å². The Morgan fingerprint density at radius 2 is 1.80 bits per heavy atom. The van der Waals surface area contributed by atoms with Gasteiger partial charge in [-0.3, -0.25) is 9.59 Å². The van der Waals surface area contributed by atoms with Crippen LogP contribution in [0.3, 0.4) is 0 Å². The van der Waals surface area contributed by atoms with Gasteiger partial charge >= 0.3 is 0 Å². The molecule has 1 aromatic carbocycles. The summed E-state index contributed by atoms with van der Waals surface area (Å²) >= 11 is 0. The predicted octanol–water partition coefficient (Wildman–Crippen LogP) is 3.43. The first-order chi connectivity index (χ1) is 9.75. The smallest absolute Gasteiger partial charge is 0.227 e. The Balaban J connectivity index is 1.81. The maximum Gasteiger partial charge on any atom is 0.227 e. The first-order valence-corrected chi connectivity index (χ1v) is 7.74. The topological polar surface area (TPSA) is 37.4 Å². The van der Waals surface area contributed by atoms with Crippen LogP contribution in [0.5, 0.6) is 0 Å². The molecule has 0 spiro atoms. The third-order valence-electron chi connectivity index (χ3n) is 5.11. The highest BCUT2D eigenvalue weighted by molar-refractivity contribution is 6.08. The second kappa shape index (κ2) is 4.44. The summed E-state index contributed by atoms with van der Waals surface area (Å²) in [5.74, 6) is 0.576. The lowest BCUT2D eigenvalue weighted by molar-refractivity contribution is -0.120. The number of hydrogen-bond acceptors (Lipinski definition) is 2. The van der Waals surface area contributed by atoms with Gasteiger partial charge in [0.1, 0.15) is 0 Å². The molecule has 1 unspecified atom stereocenters. The SMILES string of the molecule is O=C1CC2CC(=O)N(C3CCCCC3)c3cccc1c32. The van der Waals surface area contributed by atoms with Gasteiger partial charge in [0.15, 0.2) is 5.78 Å². The lowest BCUT2D eigenvalue weighted by Gasteiger charge is -2.39. The van der Waals surface area contributed by atoms with Gasteiger partial charge in [0, 0.05) is 36.1 Å². The van der Waals surface area contributed by atoms with Gasteiger partial charge in [-0.1, -0.05) is 31.4 Å². The van der Waals surface area contributed by atoms with Crippen molar-refractivity contribution in [3.63, 3.8) is 0 Å². The number of hydrogen-bond donors (Lipinski definition) is 0. The molecule has 4 rings (SSSR count). The largest absolute Gasteiger partial charge is 0.309 e. The fraction of sp³-hybridized carbons (Fsp3) is 0.529. The first kappa shape index (κ1) is 12.1. The molecule has 0 bridgehead atoms. The molecule has 3 heteroatoms. The summed E-state index contributed by atoms with van der Waals surface area (Å²) in [5.41, 5.74) is 3.05. The van der Waals surface area contributed by atoms with Crippen LogP contribution in [0.25, 0.3) is 0 Å². The maximum absolute atomic E-state index is 12.6. The summed E-state index contributed by atoms with van der Waals surface area (Å²) in [5, 5.41) is 0. The summed E-state index contributed by atoms with van der Waals surface area (Å²) in [6, 6.07) is 6.24. The van der Waals surface area contributed by atoms with E-state index in [0.29, 0.717) is 18.9 Å². The minimum atomic E-state index is 0.140. The normalized spacial score (nSPS) is 26.0. The third-order valence-corrected chi connectivity index (χ3v) is 5.11. The Labute approximate surface area is 119 Å². The van der Waals surface area contributed by atoms with Crippen molar-refractivity contribution in [3.8, 4) is 0 Å². The van der Waals surface area contributed by atoms with Gasteiger partial charge < -0.3 is 4.90 Å². The van der Waals surface area contributed by atoms with Crippen molar-refractivity contribution in [1.82, 2.24) is 0 Å². The molecule has 3 nitrogen and oxygen atoms in total. The summed E-state index contributed by atoms with van der Waals surface area (Å²) in [6.07, 6.45) is 6.97. The van der Waals surface area contributed by atoms with E-state index in [1.807, 2.05) is 23.1 Å². The molecule has 1 aromatic rings. The number of benzene rings is 1. The zero-order valence-electron chi connectivity index (χ0n) is 11.6. The van der Waals surface area contributed by atoms with Crippen molar-refractivity contribution in [2.24, 2.45) is 0 Å². The monoisotopic (exact) mass is 269 g/mol.